The third kappa shape index (κ3) is 9.01. The highest BCUT2D eigenvalue weighted by Crippen LogP contribution is 2.41. The Labute approximate surface area is 341 Å². The highest BCUT2D eigenvalue weighted by atomic mass is 28.3. The molecule has 4 atom stereocenters. The van der Waals surface area contributed by atoms with Gasteiger partial charge in [0.05, 0.1) is 53.9 Å². The molecule has 2 saturated heterocycles. The van der Waals surface area contributed by atoms with Crippen LogP contribution in [0.3, 0.4) is 0 Å². The van der Waals surface area contributed by atoms with E-state index in [4.69, 9.17) is 9.84 Å². The summed E-state index contributed by atoms with van der Waals surface area (Å²) in [5, 5.41) is 23.5. The number of hydrogen-bond donors (Lipinski definition) is 2. The molecule has 12 nitrogen and oxygen atoms in total. The molecule has 0 unspecified atom stereocenters. The number of benzene rings is 2. The second-order valence-corrected chi connectivity index (χ2v) is 21.7. The summed E-state index contributed by atoms with van der Waals surface area (Å²) in [6, 6.07) is 8.44. The Balaban J connectivity index is 0.000000188. The van der Waals surface area contributed by atoms with E-state index in [2.05, 4.69) is 39.7 Å². The number of ether oxygens (including phenoxy) is 1. The average Bonchev–Trinajstić information content (AvgIpc) is 3.98. The van der Waals surface area contributed by atoms with Crippen molar-refractivity contribution >= 4 is 42.7 Å². The summed E-state index contributed by atoms with van der Waals surface area (Å²) >= 11 is 0. The predicted octanol–water partition coefficient (Wildman–Crippen LogP) is 8.11. The predicted molar refractivity (Wildman–Crippen MR) is 211 cm³/mol. The Bertz CT molecular complexity index is 2480. The molecule has 5 aromatic rings. The molecule has 0 bridgehead atoms. The smallest absolute Gasteiger partial charge is 0.337 e. The largest absolute Gasteiger partial charge is 0.478 e. The van der Waals surface area contributed by atoms with Crippen molar-refractivity contribution < 1.29 is 50.9 Å². The van der Waals surface area contributed by atoms with Crippen LogP contribution in [0.2, 0.25) is 25.7 Å². The molecule has 0 amide bonds. The summed E-state index contributed by atoms with van der Waals surface area (Å²) < 4.78 is 92.3. The zero-order chi connectivity index (χ0) is 43.0. The monoisotopic (exact) mass is 853 g/mol. The molecule has 0 spiro atoms. The van der Waals surface area contributed by atoms with Crippen LogP contribution < -0.4 is 4.90 Å². The Morgan fingerprint density at radius 3 is 1.97 bits per heavy atom. The van der Waals surface area contributed by atoms with Crippen LogP contribution in [-0.2, 0) is 18.0 Å². The summed E-state index contributed by atoms with van der Waals surface area (Å²) in [7, 11) is -1.30. The molecule has 316 valence electrons. The number of hydrogen-bond acceptors (Lipinski definition) is 9. The summed E-state index contributed by atoms with van der Waals surface area (Å²) in [5.41, 5.74) is 1.45. The maximum Gasteiger partial charge on any atom is 0.337 e. The molecular formula is C41H41F6N7O5Si. The Morgan fingerprint density at radius 1 is 0.800 bits per heavy atom. The van der Waals surface area contributed by atoms with Gasteiger partial charge in [-0.1, -0.05) is 19.6 Å². The molecule has 8 rings (SSSR count). The van der Waals surface area contributed by atoms with E-state index in [-0.39, 0.29) is 67.3 Å². The molecule has 0 aliphatic carbocycles. The number of alkyl halides is 2. The van der Waals surface area contributed by atoms with Crippen LogP contribution in [0, 0.1) is 23.3 Å². The third-order valence-corrected chi connectivity index (χ3v) is 12.2. The molecule has 6 heterocycles. The van der Waals surface area contributed by atoms with Gasteiger partial charge in [0.25, 0.3) is 0 Å². The molecule has 2 fully saturated rings. The van der Waals surface area contributed by atoms with E-state index in [1.165, 1.54) is 29.2 Å². The minimum atomic E-state index is -1.30. The SMILES string of the molecule is C[Si](C)(C)CCOCn1nc(N2C[C@@H](F)C[C@@H]2c2cc(F)ccc2F)c2cc(C(=O)O)cnc21.O=C(O)c1cnc2c(c1)C(N1C[C@@H](F)C[C@@H]1c1cc(F)ccc1F)=NC2. The number of aliphatic imine (C=N–C) groups is 1. The fourth-order valence-corrected chi connectivity index (χ4v) is 8.33. The highest BCUT2D eigenvalue weighted by Gasteiger charge is 2.40. The van der Waals surface area contributed by atoms with Crippen molar-refractivity contribution in [1.82, 2.24) is 24.6 Å². The lowest BCUT2D eigenvalue weighted by Crippen LogP contribution is -2.32. The number of nitrogens with zero attached hydrogens (tertiary/aromatic N) is 7. The minimum Gasteiger partial charge on any atom is -0.478 e. The van der Waals surface area contributed by atoms with Gasteiger partial charge in [-0.3, -0.25) is 9.98 Å². The standard InChI is InChI=1S/C23H27F3N4O3Si.C18H14F3N3O2/c1-34(2,3)7-6-33-13-30-21-18(8-14(11-27-21)23(31)32)22(28-30)29-12-16(25)10-20(29)17-9-15(24)4-5-19(17)26;19-10-1-2-14(21)12(4-10)16-5-11(20)8-24(16)17-13-3-9(18(25)26)6-22-15(13)7-23-17/h4-5,8-9,11,16,20H,6-7,10,12-13H2,1-3H3,(H,31,32);1-4,6,11,16H,5,7-8H2,(H,25,26)/t16-,20+;11-,16+/m00/s1. The number of pyridine rings is 2. The van der Waals surface area contributed by atoms with E-state index in [0.29, 0.717) is 34.7 Å². The normalized spacial score (nSPS) is 20.0. The van der Waals surface area contributed by atoms with Gasteiger partial charge in [0, 0.05) is 56.6 Å². The van der Waals surface area contributed by atoms with E-state index in [9.17, 15) is 41.0 Å². The van der Waals surface area contributed by atoms with E-state index in [1.54, 1.807) is 9.80 Å². The Hall–Kier alpha value is -5.82. The maximum absolute atomic E-state index is 14.6. The number of halogens is 6. The number of fused-ring (bicyclic) bond motifs is 2. The summed E-state index contributed by atoms with van der Waals surface area (Å²) in [4.78, 5) is 38.6. The fourth-order valence-electron chi connectivity index (χ4n) is 7.57. The summed E-state index contributed by atoms with van der Waals surface area (Å²) in [5.74, 6) is -4.18. The quantitative estimate of drug-likeness (QED) is 0.0803. The van der Waals surface area contributed by atoms with Crippen LogP contribution in [0.5, 0.6) is 0 Å². The number of aromatic carboxylic acids is 2. The number of carboxylic acids is 2. The molecule has 0 radical (unpaired) electrons. The van der Waals surface area contributed by atoms with Crippen molar-refractivity contribution in [3.05, 3.63) is 118 Å². The molecule has 2 aromatic carbocycles. The molecule has 0 saturated carbocycles. The van der Waals surface area contributed by atoms with Crippen molar-refractivity contribution in [2.75, 3.05) is 24.6 Å². The van der Waals surface area contributed by atoms with E-state index >= 15 is 0 Å². The van der Waals surface area contributed by atoms with Crippen LogP contribution in [0.4, 0.5) is 32.2 Å². The van der Waals surface area contributed by atoms with Crippen LogP contribution >= 0.6 is 0 Å². The molecule has 19 heteroatoms. The van der Waals surface area contributed by atoms with Gasteiger partial charge in [0.1, 0.15) is 48.2 Å². The molecule has 3 aromatic heterocycles. The van der Waals surface area contributed by atoms with Crippen LogP contribution in [0.1, 0.15) is 68.0 Å². The van der Waals surface area contributed by atoms with Gasteiger partial charge in [-0.2, -0.15) is 5.10 Å². The molecule has 60 heavy (non-hydrogen) atoms. The van der Waals surface area contributed by atoms with Gasteiger partial charge in [-0.25, -0.2) is 45.6 Å². The lowest BCUT2D eigenvalue weighted by atomic mass is 10.0. The maximum atomic E-state index is 14.6. The Kier molecular flexibility index (Phi) is 12.0. The summed E-state index contributed by atoms with van der Waals surface area (Å²) in [6.07, 6.45) is -0.110. The second kappa shape index (κ2) is 17.0. The van der Waals surface area contributed by atoms with Crippen LogP contribution in [0.25, 0.3) is 11.0 Å². The number of carboxylic acid groups (broad SMARTS) is 2. The molecule has 3 aliphatic heterocycles. The van der Waals surface area contributed by atoms with Gasteiger partial charge in [-0.05, 0) is 54.6 Å². The lowest BCUT2D eigenvalue weighted by Gasteiger charge is -2.27. The Morgan fingerprint density at radius 2 is 1.37 bits per heavy atom. The van der Waals surface area contributed by atoms with Gasteiger partial charge in [0.15, 0.2) is 11.5 Å². The van der Waals surface area contributed by atoms with E-state index < -0.39 is 67.7 Å². The topological polar surface area (TPSA) is 146 Å². The van der Waals surface area contributed by atoms with Crippen molar-refractivity contribution in [3.63, 3.8) is 0 Å². The van der Waals surface area contributed by atoms with Crippen molar-refractivity contribution in [1.29, 1.82) is 0 Å². The first kappa shape index (κ1) is 42.3. The van der Waals surface area contributed by atoms with Gasteiger partial charge in [-0.15, -0.1) is 0 Å². The molecule has 3 aliphatic rings. The zero-order valence-corrected chi connectivity index (χ0v) is 33.8. The number of aromatic nitrogens is 4. The number of carbonyl (C=O) groups is 2. The van der Waals surface area contributed by atoms with Crippen LogP contribution in [0.15, 0.2) is 65.9 Å². The highest BCUT2D eigenvalue weighted by molar-refractivity contribution is 6.76. The fraction of sp³-hybridized carbons (Fsp3) is 0.366. The first-order valence-electron chi connectivity index (χ1n) is 19.1. The average molecular weight is 854 g/mol. The van der Waals surface area contributed by atoms with E-state index in [1.807, 2.05) is 0 Å². The number of amidine groups is 1. The van der Waals surface area contributed by atoms with Gasteiger partial charge < -0.3 is 24.7 Å². The van der Waals surface area contributed by atoms with Gasteiger partial charge >= 0.3 is 11.9 Å². The first-order valence-corrected chi connectivity index (χ1v) is 22.8. The summed E-state index contributed by atoms with van der Waals surface area (Å²) in [6.45, 7) is 7.42. The minimum absolute atomic E-state index is 0.000770. The molecule has 2 N–H and O–H groups in total. The third-order valence-electron chi connectivity index (χ3n) is 10.5. The first-order chi connectivity index (χ1) is 28.5. The lowest BCUT2D eigenvalue weighted by molar-refractivity contribution is 0.0685. The zero-order valence-electron chi connectivity index (χ0n) is 32.8. The van der Waals surface area contributed by atoms with Crippen molar-refractivity contribution in [3.8, 4) is 0 Å². The van der Waals surface area contributed by atoms with E-state index in [0.717, 1.165) is 42.4 Å². The number of anilines is 1. The van der Waals surface area contributed by atoms with Gasteiger partial charge in [0.2, 0.25) is 0 Å². The number of likely N-dealkylation sites (tertiary alicyclic amines) is 1. The van der Waals surface area contributed by atoms with Crippen LogP contribution in [-0.4, -0.2) is 92.7 Å². The van der Waals surface area contributed by atoms with Crippen molar-refractivity contribution in [2.45, 2.75) is 76.2 Å². The van der Waals surface area contributed by atoms with Crippen molar-refractivity contribution in [2.24, 2.45) is 4.99 Å². The second-order valence-electron chi connectivity index (χ2n) is 16.1. The molecular weight excluding hydrogens is 813 g/mol. The number of rotatable bonds is 10.